The van der Waals surface area contributed by atoms with Crippen molar-refractivity contribution in [2.75, 3.05) is 0 Å². The number of hydrogen-bond acceptors (Lipinski definition) is 1. The molecule has 0 radical (unpaired) electrons. The Labute approximate surface area is 175 Å². The third kappa shape index (κ3) is 3.03. The minimum absolute atomic E-state index is 0.0153. The second-order valence-electron chi connectivity index (χ2n) is 7.47. The van der Waals surface area contributed by atoms with Crippen molar-refractivity contribution in [3.8, 4) is 33.4 Å². The smallest absolute Gasteiger partial charge is 0.258 e. The first-order chi connectivity index (χ1) is 14.7. The van der Waals surface area contributed by atoms with Gasteiger partial charge in [-0.25, -0.2) is 0 Å². The maximum absolute atomic E-state index is 13.1. The van der Waals surface area contributed by atoms with Gasteiger partial charge in [0.15, 0.2) is 0 Å². The molecule has 0 aliphatic carbocycles. The van der Waals surface area contributed by atoms with Crippen LogP contribution in [0.3, 0.4) is 0 Å². The number of benzene rings is 3. The summed E-state index contributed by atoms with van der Waals surface area (Å²) in [7, 11) is 0. The highest BCUT2D eigenvalue weighted by Gasteiger charge is 2.19. The van der Waals surface area contributed by atoms with Crippen LogP contribution in [0.5, 0.6) is 0 Å². The lowest BCUT2D eigenvalue weighted by Gasteiger charge is -2.20. The molecule has 2 aromatic heterocycles. The van der Waals surface area contributed by atoms with E-state index in [2.05, 4.69) is 54.6 Å². The molecule has 2 nitrogen and oxygen atoms in total. The molecule has 0 unspecified atom stereocenters. The summed E-state index contributed by atoms with van der Waals surface area (Å²) >= 11 is 0. The number of hydrogen-bond donors (Lipinski definition) is 0. The maximum Gasteiger partial charge on any atom is 0.258 e. The van der Waals surface area contributed by atoms with Crippen LogP contribution in [0.2, 0.25) is 0 Å². The Bertz CT molecular complexity index is 1390. The first-order valence-corrected chi connectivity index (χ1v) is 10.1. The molecule has 5 rings (SSSR count). The van der Waals surface area contributed by atoms with Crippen molar-refractivity contribution in [3.05, 3.63) is 125 Å². The minimum atomic E-state index is 0.0153. The molecule has 144 valence electrons. The molecule has 0 aliphatic heterocycles. The van der Waals surface area contributed by atoms with Crippen LogP contribution >= 0.6 is 0 Å². The molecular weight excluding hydrogens is 366 g/mol. The quantitative estimate of drug-likeness (QED) is 0.341. The number of aryl methyl sites for hydroxylation is 1. The van der Waals surface area contributed by atoms with Gasteiger partial charge in [0.1, 0.15) is 0 Å². The molecule has 0 atom stereocenters. The first kappa shape index (κ1) is 18.1. The van der Waals surface area contributed by atoms with Crippen LogP contribution in [-0.2, 0) is 0 Å². The normalized spacial score (nSPS) is 11.0. The molecule has 2 heteroatoms. The van der Waals surface area contributed by atoms with E-state index >= 15 is 0 Å². The first-order valence-electron chi connectivity index (χ1n) is 10.1. The summed E-state index contributed by atoms with van der Waals surface area (Å²) < 4.78 is 1.80. The van der Waals surface area contributed by atoms with Crippen molar-refractivity contribution in [1.29, 1.82) is 0 Å². The minimum Gasteiger partial charge on any atom is -0.283 e. The van der Waals surface area contributed by atoms with E-state index in [9.17, 15) is 4.79 Å². The Morgan fingerprint density at radius 2 is 1.07 bits per heavy atom. The Kier molecular flexibility index (Phi) is 4.53. The lowest BCUT2D eigenvalue weighted by Crippen LogP contribution is -2.17. The van der Waals surface area contributed by atoms with Crippen molar-refractivity contribution in [2.45, 2.75) is 6.92 Å². The van der Waals surface area contributed by atoms with Gasteiger partial charge < -0.3 is 0 Å². The molecule has 0 bridgehead atoms. The molecule has 0 fully saturated rings. The van der Waals surface area contributed by atoms with Gasteiger partial charge in [-0.1, -0.05) is 97.1 Å². The zero-order chi connectivity index (χ0) is 20.5. The van der Waals surface area contributed by atoms with E-state index in [1.54, 1.807) is 4.40 Å². The van der Waals surface area contributed by atoms with Crippen molar-refractivity contribution in [2.24, 2.45) is 0 Å². The summed E-state index contributed by atoms with van der Waals surface area (Å²) in [4.78, 5) is 13.1. The van der Waals surface area contributed by atoms with E-state index in [0.717, 1.165) is 44.5 Å². The third-order valence-electron chi connectivity index (χ3n) is 5.55. The van der Waals surface area contributed by atoms with Gasteiger partial charge in [-0.2, -0.15) is 0 Å². The van der Waals surface area contributed by atoms with Crippen LogP contribution in [0.4, 0.5) is 0 Å². The number of fused-ring (bicyclic) bond motifs is 1. The van der Waals surface area contributed by atoms with Crippen LogP contribution in [0.25, 0.3) is 38.9 Å². The van der Waals surface area contributed by atoms with Gasteiger partial charge in [0.05, 0.1) is 5.52 Å². The number of aromatic nitrogens is 1. The van der Waals surface area contributed by atoms with Crippen LogP contribution in [0, 0.1) is 6.92 Å². The van der Waals surface area contributed by atoms with E-state index in [1.165, 1.54) is 0 Å². The fourth-order valence-corrected chi connectivity index (χ4v) is 4.08. The molecule has 0 amide bonds. The van der Waals surface area contributed by atoms with Gasteiger partial charge in [0.2, 0.25) is 0 Å². The van der Waals surface area contributed by atoms with E-state index < -0.39 is 0 Å². The maximum atomic E-state index is 13.1. The van der Waals surface area contributed by atoms with Gasteiger partial charge in [0, 0.05) is 28.5 Å². The highest BCUT2D eigenvalue weighted by atomic mass is 16.1. The fourth-order valence-electron chi connectivity index (χ4n) is 4.08. The molecule has 0 spiro atoms. The molecule has 0 aliphatic rings. The summed E-state index contributed by atoms with van der Waals surface area (Å²) in [5, 5.41) is 0. The van der Waals surface area contributed by atoms with Gasteiger partial charge in [-0.15, -0.1) is 0 Å². The SMILES string of the molecule is Cc1ccc2c(-c3ccccc3)c(-c3ccccc3)c(-c3ccccc3)cn2c1=O. The lowest BCUT2D eigenvalue weighted by atomic mass is 9.88. The van der Waals surface area contributed by atoms with Crippen LogP contribution in [-0.4, -0.2) is 4.40 Å². The average Bonchev–Trinajstić information content (AvgIpc) is 2.82. The van der Waals surface area contributed by atoms with Gasteiger partial charge in [-0.3, -0.25) is 9.20 Å². The van der Waals surface area contributed by atoms with Crippen LogP contribution < -0.4 is 5.56 Å². The summed E-state index contributed by atoms with van der Waals surface area (Å²) in [6.45, 7) is 1.87. The van der Waals surface area contributed by atoms with E-state index in [0.29, 0.717) is 0 Å². The number of nitrogens with zero attached hydrogens (tertiary/aromatic N) is 1. The zero-order valence-corrected chi connectivity index (χ0v) is 16.7. The van der Waals surface area contributed by atoms with Crippen molar-refractivity contribution < 1.29 is 0 Å². The Balaban J connectivity index is 2.03. The molecule has 30 heavy (non-hydrogen) atoms. The Morgan fingerprint density at radius 1 is 0.567 bits per heavy atom. The Morgan fingerprint density at radius 3 is 1.63 bits per heavy atom. The molecule has 3 aromatic carbocycles. The largest absolute Gasteiger partial charge is 0.283 e. The zero-order valence-electron chi connectivity index (χ0n) is 16.7. The average molecular weight is 387 g/mol. The van der Waals surface area contributed by atoms with Crippen LogP contribution in [0.15, 0.2) is 114 Å². The molecule has 5 aromatic rings. The summed E-state index contributed by atoms with van der Waals surface area (Å²) in [6.07, 6.45) is 1.99. The highest BCUT2D eigenvalue weighted by molar-refractivity contribution is 6.00. The summed E-state index contributed by atoms with van der Waals surface area (Å²) in [6, 6.07) is 35.0. The standard InChI is InChI=1S/C28H21NO/c1-20-17-18-25-27(23-15-9-4-10-16-23)26(22-13-7-3-8-14-22)24(19-29(25)28(20)30)21-11-5-2-6-12-21/h2-19H,1H3. The highest BCUT2D eigenvalue weighted by Crippen LogP contribution is 2.42. The van der Waals surface area contributed by atoms with Gasteiger partial charge in [0.25, 0.3) is 5.56 Å². The third-order valence-corrected chi connectivity index (χ3v) is 5.55. The molecule has 0 saturated heterocycles. The van der Waals surface area contributed by atoms with Crippen LogP contribution in [0.1, 0.15) is 5.56 Å². The summed E-state index contributed by atoms with van der Waals surface area (Å²) in [5.74, 6) is 0. The topological polar surface area (TPSA) is 21.5 Å². The predicted octanol–water partition coefficient (Wildman–Crippen LogP) is 6.61. The molecule has 0 saturated carbocycles. The van der Waals surface area contributed by atoms with Crippen molar-refractivity contribution in [3.63, 3.8) is 0 Å². The monoisotopic (exact) mass is 387 g/mol. The number of pyridine rings is 2. The van der Waals surface area contributed by atoms with E-state index in [1.807, 2.05) is 61.7 Å². The fraction of sp³-hybridized carbons (Fsp3) is 0.0357. The van der Waals surface area contributed by atoms with E-state index in [-0.39, 0.29) is 5.56 Å². The van der Waals surface area contributed by atoms with Crippen molar-refractivity contribution >= 4 is 5.52 Å². The lowest BCUT2D eigenvalue weighted by molar-refractivity contribution is 1.07. The summed E-state index contributed by atoms with van der Waals surface area (Å²) in [5.41, 5.74) is 8.22. The van der Waals surface area contributed by atoms with E-state index in [4.69, 9.17) is 0 Å². The number of rotatable bonds is 3. The molecular formula is C28H21NO. The Hall–Kier alpha value is -3.91. The molecule has 2 heterocycles. The predicted molar refractivity (Wildman–Crippen MR) is 125 cm³/mol. The van der Waals surface area contributed by atoms with Gasteiger partial charge >= 0.3 is 0 Å². The molecule has 0 N–H and O–H groups in total. The second-order valence-corrected chi connectivity index (χ2v) is 7.47. The van der Waals surface area contributed by atoms with Crippen molar-refractivity contribution in [1.82, 2.24) is 4.40 Å². The van der Waals surface area contributed by atoms with Gasteiger partial charge in [-0.05, 0) is 29.7 Å². The second kappa shape index (κ2) is 7.49.